The van der Waals surface area contributed by atoms with Gasteiger partial charge < -0.3 is 15.0 Å². The molecule has 18 heavy (non-hydrogen) atoms. The summed E-state index contributed by atoms with van der Waals surface area (Å²) in [6.45, 7) is 9.81. The number of likely N-dealkylation sites (N-methyl/N-ethyl adjacent to an activating group) is 1. The van der Waals surface area contributed by atoms with Crippen LogP contribution in [0, 0.1) is 6.92 Å². The van der Waals surface area contributed by atoms with Gasteiger partial charge in [-0.3, -0.25) is 0 Å². The summed E-state index contributed by atoms with van der Waals surface area (Å²) in [6.07, 6.45) is 0. The molecule has 0 spiro atoms. The van der Waals surface area contributed by atoms with E-state index in [9.17, 15) is 0 Å². The molecule has 3 heteroatoms. The third-order valence-corrected chi connectivity index (χ3v) is 3.00. The number of ether oxygens (including phenoxy) is 1. The summed E-state index contributed by atoms with van der Waals surface area (Å²) in [4.78, 5) is 2.34. The largest absolute Gasteiger partial charge is 0.380 e. The van der Waals surface area contributed by atoms with Crippen molar-refractivity contribution in [2.45, 2.75) is 20.4 Å². The standard InChI is InChI=1S/C15H26N2O/c1-4-18-12-10-16-9-11-17(3)13-15-8-6-5-7-14(15)2/h5-8,16H,4,9-13H2,1-3H3. The average molecular weight is 250 g/mol. The lowest BCUT2D eigenvalue weighted by Crippen LogP contribution is -2.30. The van der Waals surface area contributed by atoms with Gasteiger partial charge in [-0.15, -0.1) is 0 Å². The lowest BCUT2D eigenvalue weighted by molar-refractivity contribution is 0.148. The van der Waals surface area contributed by atoms with Crippen LogP contribution in [0.1, 0.15) is 18.1 Å². The van der Waals surface area contributed by atoms with E-state index in [2.05, 4.69) is 48.5 Å². The molecule has 0 unspecified atom stereocenters. The lowest BCUT2D eigenvalue weighted by atomic mass is 10.1. The normalized spacial score (nSPS) is 11.1. The molecule has 0 aliphatic heterocycles. The van der Waals surface area contributed by atoms with Gasteiger partial charge in [0.05, 0.1) is 6.61 Å². The smallest absolute Gasteiger partial charge is 0.0590 e. The molecule has 0 radical (unpaired) electrons. The second-order valence-electron chi connectivity index (χ2n) is 4.61. The first-order chi connectivity index (χ1) is 8.74. The van der Waals surface area contributed by atoms with Crippen LogP contribution in [0.25, 0.3) is 0 Å². The van der Waals surface area contributed by atoms with Gasteiger partial charge in [-0.2, -0.15) is 0 Å². The van der Waals surface area contributed by atoms with Crippen LogP contribution in [0.3, 0.4) is 0 Å². The third kappa shape index (κ3) is 6.15. The summed E-state index contributed by atoms with van der Waals surface area (Å²) in [5, 5.41) is 3.38. The second kappa shape index (κ2) is 9.09. The summed E-state index contributed by atoms with van der Waals surface area (Å²) in [5.74, 6) is 0. The molecule has 0 saturated heterocycles. The zero-order chi connectivity index (χ0) is 13.2. The number of rotatable bonds is 9. The molecule has 102 valence electrons. The van der Waals surface area contributed by atoms with E-state index in [1.165, 1.54) is 11.1 Å². The van der Waals surface area contributed by atoms with Gasteiger partial charge >= 0.3 is 0 Å². The molecule has 1 rings (SSSR count). The molecule has 0 aromatic heterocycles. The van der Waals surface area contributed by atoms with Crippen LogP contribution in [-0.4, -0.2) is 44.8 Å². The number of aryl methyl sites for hydroxylation is 1. The monoisotopic (exact) mass is 250 g/mol. The van der Waals surface area contributed by atoms with E-state index in [4.69, 9.17) is 4.74 Å². The van der Waals surface area contributed by atoms with Gasteiger partial charge in [0.15, 0.2) is 0 Å². The maximum atomic E-state index is 5.28. The summed E-state index contributed by atoms with van der Waals surface area (Å²) in [5.41, 5.74) is 2.78. The first-order valence-electron chi connectivity index (χ1n) is 6.75. The molecular formula is C15H26N2O. The molecule has 1 aromatic rings. The third-order valence-electron chi connectivity index (χ3n) is 3.00. The fourth-order valence-electron chi connectivity index (χ4n) is 1.84. The van der Waals surface area contributed by atoms with Gasteiger partial charge in [0.2, 0.25) is 0 Å². The summed E-state index contributed by atoms with van der Waals surface area (Å²) < 4.78 is 5.28. The fourth-order valence-corrected chi connectivity index (χ4v) is 1.84. The first kappa shape index (κ1) is 15.2. The zero-order valence-electron chi connectivity index (χ0n) is 11.9. The highest BCUT2D eigenvalue weighted by atomic mass is 16.5. The Hall–Kier alpha value is -0.900. The van der Waals surface area contributed by atoms with E-state index < -0.39 is 0 Å². The van der Waals surface area contributed by atoms with Crippen molar-refractivity contribution in [2.75, 3.05) is 39.9 Å². The maximum Gasteiger partial charge on any atom is 0.0590 e. The quantitative estimate of drug-likeness (QED) is 0.679. The maximum absolute atomic E-state index is 5.28. The van der Waals surface area contributed by atoms with Gasteiger partial charge in [0, 0.05) is 32.8 Å². The first-order valence-corrected chi connectivity index (χ1v) is 6.75. The summed E-state index contributed by atoms with van der Waals surface area (Å²) >= 11 is 0. The Morgan fingerprint density at radius 2 is 2.00 bits per heavy atom. The minimum Gasteiger partial charge on any atom is -0.380 e. The Labute approximate surface area is 111 Å². The fraction of sp³-hybridized carbons (Fsp3) is 0.600. The number of nitrogens with one attached hydrogen (secondary N) is 1. The van der Waals surface area contributed by atoms with Crippen molar-refractivity contribution in [3.05, 3.63) is 35.4 Å². The molecule has 0 bridgehead atoms. The van der Waals surface area contributed by atoms with Crippen molar-refractivity contribution in [1.29, 1.82) is 0 Å². The number of benzene rings is 1. The number of hydrogen-bond acceptors (Lipinski definition) is 3. The molecule has 1 aromatic carbocycles. The average Bonchev–Trinajstić information content (AvgIpc) is 2.36. The van der Waals surface area contributed by atoms with Crippen LogP contribution in [0.4, 0.5) is 0 Å². The molecule has 0 aliphatic rings. The highest BCUT2D eigenvalue weighted by molar-refractivity contribution is 5.25. The highest BCUT2D eigenvalue weighted by Gasteiger charge is 2.01. The number of nitrogens with zero attached hydrogens (tertiary/aromatic N) is 1. The van der Waals surface area contributed by atoms with E-state index >= 15 is 0 Å². The van der Waals surface area contributed by atoms with Gasteiger partial charge in [-0.05, 0) is 32.0 Å². The predicted molar refractivity (Wildman–Crippen MR) is 76.9 cm³/mol. The predicted octanol–water partition coefficient (Wildman–Crippen LogP) is 2.05. The second-order valence-corrected chi connectivity index (χ2v) is 4.61. The van der Waals surface area contributed by atoms with Crippen LogP contribution in [0.5, 0.6) is 0 Å². The Morgan fingerprint density at radius 3 is 2.72 bits per heavy atom. The molecule has 0 aliphatic carbocycles. The lowest BCUT2D eigenvalue weighted by Gasteiger charge is -2.18. The van der Waals surface area contributed by atoms with Crippen molar-refractivity contribution >= 4 is 0 Å². The molecule has 0 saturated carbocycles. The Balaban J connectivity index is 2.14. The highest BCUT2D eigenvalue weighted by Crippen LogP contribution is 2.08. The molecular weight excluding hydrogens is 224 g/mol. The van der Waals surface area contributed by atoms with Crippen LogP contribution < -0.4 is 5.32 Å². The van der Waals surface area contributed by atoms with Gasteiger partial charge in [-0.1, -0.05) is 24.3 Å². The van der Waals surface area contributed by atoms with Crippen LogP contribution >= 0.6 is 0 Å². The van der Waals surface area contributed by atoms with Crippen molar-refractivity contribution in [2.24, 2.45) is 0 Å². The van der Waals surface area contributed by atoms with Crippen LogP contribution in [-0.2, 0) is 11.3 Å². The minimum atomic E-state index is 0.800. The Morgan fingerprint density at radius 1 is 1.22 bits per heavy atom. The van der Waals surface area contributed by atoms with Crippen molar-refractivity contribution in [3.63, 3.8) is 0 Å². The van der Waals surface area contributed by atoms with Gasteiger partial charge in [0.1, 0.15) is 0 Å². The Kier molecular flexibility index (Phi) is 7.65. The van der Waals surface area contributed by atoms with E-state index in [0.29, 0.717) is 0 Å². The van der Waals surface area contributed by atoms with E-state index in [-0.39, 0.29) is 0 Å². The zero-order valence-corrected chi connectivity index (χ0v) is 11.9. The van der Waals surface area contributed by atoms with E-state index in [1.54, 1.807) is 0 Å². The van der Waals surface area contributed by atoms with Crippen LogP contribution in [0.2, 0.25) is 0 Å². The summed E-state index contributed by atoms with van der Waals surface area (Å²) in [7, 11) is 2.16. The number of hydrogen-bond donors (Lipinski definition) is 1. The molecule has 1 N–H and O–H groups in total. The van der Waals surface area contributed by atoms with Crippen LogP contribution in [0.15, 0.2) is 24.3 Å². The van der Waals surface area contributed by atoms with Crippen molar-refractivity contribution < 1.29 is 4.74 Å². The molecule has 3 nitrogen and oxygen atoms in total. The minimum absolute atomic E-state index is 0.800. The molecule has 0 fully saturated rings. The van der Waals surface area contributed by atoms with E-state index in [1.807, 2.05) is 6.92 Å². The molecule has 0 heterocycles. The molecule has 0 amide bonds. The molecule has 0 atom stereocenters. The van der Waals surface area contributed by atoms with Crippen molar-refractivity contribution in [1.82, 2.24) is 10.2 Å². The topological polar surface area (TPSA) is 24.5 Å². The summed E-state index contributed by atoms with van der Waals surface area (Å²) in [6, 6.07) is 8.57. The SMILES string of the molecule is CCOCCNCCN(C)Cc1ccccc1C. The van der Waals surface area contributed by atoms with Gasteiger partial charge in [0.25, 0.3) is 0 Å². The van der Waals surface area contributed by atoms with Crippen molar-refractivity contribution in [3.8, 4) is 0 Å². The van der Waals surface area contributed by atoms with E-state index in [0.717, 1.165) is 39.4 Å². The van der Waals surface area contributed by atoms with Gasteiger partial charge in [-0.25, -0.2) is 0 Å². The Bertz CT molecular complexity index is 328.